The lowest BCUT2D eigenvalue weighted by atomic mass is 10.3. The molecule has 3 aromatic heterocycles. The molecule has 0 aliphatic rings. The smallest absolute Gasteiger partial charge is 0.332 e. The maximum atomic E-state index is 12.9. The molecule has 0 spiro atoms. The van der Waals surface area contributed by atoms with E-state index in [1.54, 1.807) is 23.6 Å². The van der Waals surface area contributed by atoms with Crippen LogP contribution in [0.2, 0.25) is 0 Å². The molecule has 0 unspecified atom stereocenters. The summed E-state index contributed by atoms with van der Waals surface area (Å²) in [6.07, 6.45) is 1.44. The van der Waals surface area contributed by atoms with E-state index in [9.17, 15) is 19.2 Å². The van der Waals surface area contributed by atoms with E-state index >= 15 is 0 Å². The van der Waals surface area contributed by atoms with Gasteiger partial charge in [-0.15, -0.1) is 11.3 Å². The molecule has 0 fully saturated rings. The lowest BCUT2D eigenvalue weighted by Crippen LogP contribution is -2.43. The lowest BCUT2D eigenvalue weighted by molar-refractivity contribution is -0.122. The summed E-state index contributed by atoms with van der Waals surface area (Å²) in [5, 5.41) is 7.01. The predicted octanol–water partition coefficient (Wildman–Crippen LogP) is 0.287. The standard InChI is InChI=1S/C19H22N4O6S/c1-28-9-6-20-16(25)12-23-14-5-10-30-17(14)18(26)22(19(23)27)7-4-15(24)21-11-13-3-2-8-29-13/h2-3,5,8,10H,4,6-7,9,11-12H2,1H3,(H,20,25)(H,21,24). The van der Waals surface area contributed by atoms with Gasteiger partial charge in [0.2, 0.25) is 11.8 Å². The number of aromatic nitrogens is 2. The largest absolute Gasteiger partial charge is 0.467 e. The van der Waals surface area contributed by atoms with Gasteiger partial charge >= 0.3 is 5.69 Å². The van der Waals surface area contributed by atoms with Crippen molar-refractivity contribution in [2.75, 3.05) is 20.3 Å². The summed E-state index contributed by atoms with van der Waals surface area (Å²) < 4.78 is 12.6. The summed E-state index contributed by atoms with van der Waals surface area (Å²) >= 11 is 1.18. The molecule has 0 saturated carbocycles. The second-order valence-electron chi connectivity index (χ2n) is 6.41. The van der Waals surface area contributed by atoms with Crippen molar-refractivity contribution in [3.05, 3.63) is 56.4 Å². The van der Waals surface area contributed by atoms with Gasteiger partial charge in [0.15, 0.2) is 0 Å². The minimum Gasteiger partial charge on any atom is -0.467 e. The maximum Gasteiger partial charge on any atom is 0.332 e. The van der Waals surface area contributed by atoms with Gasteiger partial charge < -0.3 is 19.8 Å². The second-order valence-corrected chi connectivity index (χ2v) is 7.33. The average molecular weight is 434 g/mol. The molecule has 2 amide bonds. The van der Waals surface area contributed by atoms with Crippen molar-refractivity contribution in [1.82, 2.24) is 19.8 Å². The predicted molar refractivity (Wildman–Crippen MR) is 110 cm³/mol. The topological polar surface area (TPSA) is 125 Å². The Labute approximate surface area is 175 Å². The van der Waals surface area contributed by atoms with Crippen LogP contribution in [0.4, 0.5) is 0 Å². The first-order valence-electron chi connectivity index (χ1n) is 9.27. The number of rotatable bonds is 10. The van der Waals surface area contributed by atoms with E-state index in [2.05, 4.69) is 10.6 Å². The highest BCUT2D eigenvalue weighted by Crippen LogP contribution is 2.15. The quantitative estimate of drug-likeness (QED) is 0.442. The van der Waals surface area contributed by atoms with Crippen LogP contribution in [0.25, 0.3) is 10.2 Å². The van der Waals surface area contributed by atoms with Crippen LogP contribution in [0.15, 0.2) is 43.8 Å². The third kappa shape index (κ3) is 5.05. The number of furan rings is 1. The molecule has 2 N–H and O–H groups in total. The normalized spacial score (nSPS) is 11.0. The van der Waals surface area contributed by atoms with Crippen molar-refractivity contribution < 1.29 is 18.7 Å². The number of carbonyl (C=O) groups is 2. The summed E-state index contributed by atoms with van der Waals surface area (Å²) in [5.74, 6) is -0.0989. The second kappa shape index (κ2) is 10.0. The first-order chi connectivity index (χ1) is 14.5. The Balaban J connectivity index is 1.75. The van der Waals surface area contributed by atoms with Crippen molar-refractivity contribution in [1.29, 1.82) is 0 Å². The van der Waals surface area contributed by atoms with Crippen LogP contribution in [-0.4, -0.2) is 41.2 Å². The van der Waals surface area contributed by atoms with Gasteiger partial charge in [0.05, 0.1) is 24.9 Å². The Morgan fingerprint density at radius 3 is 2.73 bits per heavy atom. The molecule has 11 heteroatoms. The van der Waals surface area contributed by atoms with Crippen LogP contribution in [-0.2, 0) is 34.0 Å². The van der Waals surface area contributed by atoms with Gasteiger partial charge in [0.1, 0.15) is 17.0 Å². The number of thiophene rings is 1. The summed E-state index contributed by atoms with van der Waals surface area (Å²) in [7, 11) is 1.52. The van der Waals surface area contributed by atoms with Gasteiger partial charge in [0.25, 0.3) is 5.56 Å². The van der Waals surface area contributed by atoms with E-state index in [0.717, 1.165) is 4.57 Å². The van der Waals surface area contributed by atoms with Gasteiger partial charge in [-0.25, -0.2) is 4.79 Å². The molecule has 3 aromatic rings. The van der Waals surface area contributed by atoms with Gasteiger partial charge in [0, 0.05) is 26.6 Å². The molecule has 160 valence electrons. The third-order valence-corrected chi connectivity index (χ3v) is 5.26. The molecule has 0 atom stereocenters. The monoisotopic (exact) mass is 434 g/mol. The number of hydrogen-bond acceptors (Lipinski definition) is 7. The molecule has 0 aliphatic heterocycles. The third-order valence-electron chi connectivity index (χ3n) is 4.37. The van der Waals surface area contributed by atoms with E-state index in [0.29, 0.717) is 29.1 Å². The molecule has 0 aromatic carbocycles. The maximum absolute atomic E-state index is 12.9. The minimum absolute atomic E-state index is 0.0627. The highest BCUT2D eigenvalue weighted by atomic mass is 32.1. The number of nitrogens with one attached hydrogen (secondary N) is 2. The number of methoxy groups -OCH3 is 1. The van der Waals surface area contributed by atoms with Crippen LogP contribution >= 0.6 is 11.3 Å². The van der Waals surface area contributed by atoms with Crippen molar-refractivity contribution in [3.63, 3.8) is 0 Å². The Hall–Kier alpha value is -3.18. The van der Waals surface area contributed by atoms with Gasteiger partial charge in [-0.3, -0.25) is 23.5 Å². The minimum atomic E-state index is -0.633. The van der Waals surface area contributed by atoms with E-state index in [4.69, 9.17) is 9.15 Å². The highest BCUT2D eigenvalue weighted by molar-refractivity contribution is 7.17. The van der Waals surface area contributed by atoms with E-state index in [1.807, 2.05) is 0 Å². The van der Waals surface area contributed by atoms with Crippen molar-refractivity contribution in [3.8, 4) is 0 Å². The Morgan fingerprint density at radius 2 is 2.00 bits per heavy atom. The zero-order valence-electron chi connectivity index (χ0n) is 16.4. The fourth-order valence-electron chi connectivity index (χ4n) is 2.88. The van der Waals surface area contributed by atoms with Crippen LogP contribution in [0.3, 0.4) is 0 Å². The van der Waals surface area contributed by atoms with E-state index < -0.39 is 11.2 Å². The fourth-order valence-corrected chi connectivity index (χ4v) is 3.72. The number of amides is 2. The molecule has 0 bridgehead atoms. The molecule has 0 saturated heterocycles. The van der Waals surface area contributed by atoms with Gasteiger partial charge in [-0.2, -0.15) is 0 Å². The highest BCUT2D eigenvalue weighted by Gasteiger charge is 2.17. The zero-order valence-corrected chi connectivity index (χ0v) is 17.2. The number of hydrogen-bond donors (Lipinski definition) is 2. The molecular weight excluding hydrogens is 412 g/mol. The van der Waals surface area contributed by atoms with Gasteiger partial charge in [-0.05, 0) is 23.6 Å². The SMILES string of the molecule is COCCNC(=O)Cn1c(=O)n(CCC(=O)NCc2ccco2)c(=O)c2sccc21. The lowest BCUT2D eigenvalue weighted by Gasteiger charge is -2.12. The van der Waals surface area contributed by atoms with Crippen molar-refractivity contribution >= 4 is 33.4 Å². The number of ether oxygens (including phenoxy) is 1. The summed E-state index contributed by atoms with van der Waals surface area (Å²) in [4.78, 5) is 49.9. The molecule has 0 aliphatic carbocycles. The summed E-state index contributed by atoms with van der Waals surface area (Å²) in [5.41, 5.74) is -0.707. The van der Waals surface area contributed by atoms with Crippen LogP contribution in [0.5, 0.6) is 0 Å². The molecule has 30 heavy (non-hydrogen) atoms. The molecule has 0 radical (unpaired) electrons. The average Bonchev–Trinajstić information content (AvgIpc) is 3.41. The number of nitrogens with zero attached hydrogens (tertiary/aromatic N) is 2. The Bertz CT molecular complexity index is 1130. The molecule has 3 heterocycles. The fraction of sp³-hybridized carbons (Fsp3) is 0.368. The molecular formula is C19H22N4O6S. The van der Waals surface area contributed by atoms with Crippen molar-refractivity contribution in [2.45, 2.75) is 26.1 Å². The van der Waals surface area contributed by atoms with E-state index in [-0.39, 0.29) is 37.9 Å². The van der Waals surface area contributed by atoms with E-state index in [1.165, 1.54) is 29.3 Å². The Kier molecular flexibility index (Phi) is 7.20. The van der Waals surface area contributed by atoms with Crippen LogP contribution in [0, 0.1) is 0 Å². The van der Waals surface area contributed by atoms with Crippen molar-refractivity contribution in [2.24, 2.45) is 0 Å². The first-order valence-corrected chi connectivity index (χ1v) is 10.1. The van der Waals surface area contributed by atoms with Gasteiger partial charge in [-0.1, -0.05) is 0 Å². The van der Waals surface area contributed by atoms with Crippen LogP contribution < -0.4 is 21.9 Å². The number of fused-ring (bicyclic) bond motifs is 1. The zero-order chi connectivity index (χ0) is 21.5. The summed E-state index contributed by atoms with van der Waals surface area (Å²) in [6.45, 7) is 0.547. The first kappa shape index (κ1) is 21.5. The molecule has 10 nitrogen and oxygen atoms in total. The van der Waals surface area contributed by atoms with Crippen LogP contribution in [0.1, 0.15) is 12.2 Å². The number of carbonyl (C=O) groups excluding carboxylic acids is 2. The Morgan fingerprint density at radius 1 is 1.17 bits per heavy atom. The summed E-state index contributed by atoms with van der Waals surface area (Å²) in [6, 6.07) is 5.07. The molecule has 3 rings (SSSR count).